The molecule has 0 unspecified atom stereocenters. The van der Waals surface area contributed by atoms with E-state index in [2.05, 4.69) is 4.98 Å². The van der Waals surface area contributed by atoms with Crippen LogP contribution in [0.1, 0.15) is 50.9 Å². The molecule has 2 aromatic carbocycles. The zero-order valence-corrected chi connectivity index (χ0v) is 21.1. The number of aromatic nitrogens is 1. The number of H-pyrrole nitrogens is 1. The number of halogens is 1. The Morgan fingerprint density at radius 3 is 2.27 bits per heavy atom. The summed E-state index contributed by atoms with van der Waals surface area (Å²) in [6, 6.07) is 12.2. The Kier molecular flexibility index (Phi) is 7.67. The second-order valence-electron chi connectivity index (χ2n) is 8.09. The van der Waals surface area contributed by atoms with Gasteiger partial charge in [-0.05, 0) is 86.7 Å². The number of esters is 1. The van der Waals surface area contributed by atoms with Gasteiger partial charge in [-0.15, -0.1) is 0 Å². The number of nitrogens with one attached hydrogen (secondary N) is 1. The van der Waals surface area contributed by atoms with E-state index in [0.717, 1.165) is 27.9 Å². The molecule has 1 N–H and O–H groups in total. The molecule has 0 aliphatic rings. The number of hydrogen-bond acceptors (Lipinski definition) is 4. The highest BCUT2D eigenvalue weighted by Gasteiger charge is 2.28. The predicted octanol–water partition coefficient (Wildman–Crippen LogP) is 5.47. The van der Waals surface area contributed by atoms with Crippen molar-refractivity contribution >= 4 is 27.6 Å². The van der Waals surface area contributed by atoms with E-state index in [4.69, 9.17) is 16.3 Å². The molecule has 3 aromatic rings. The van der Waals surface area contributed by atoms with Crippen LogP contribution in [0.15, 0.2) is 47.4 Å². The minimum absolute atomic E-state index is 0.103. The van der Waals surface area contributed by atoms with E-state index >= 15 is 0 Å². The molecule has 1 aromatic heterocycles. The van der Waals surface area contributed by atoms with Gasteiger partial charge in [0.1, 0.15) is 5.69 Å². The fourth-order valence-corrected chi connectivity index (χ4v) is 5.26. The highest BCUT2D eigenvalue weighted by molar-refractivity contribution is 7.89. The van der Waals surface area contributed by atoms with E-state index < -0.39 is 16.0 Å². The largest absolute Gasteiger partial charge is 0.461 e. The van der Waals surface area contributed by atoms with Crippen LogP contribution in [0.2, 0.25) is 5.02 Å². The lowest BCUT2D eigenvalue weighted by Gasteiger charge is -2.23. The molecule has 0 spiro atoms. The van der Waals surface area contributed by atoms with Gasteiger partial charge >= 0.3 is 5.97 Å². The topological polar surface area (TPSA) is 79.5 Å². The number of aromatic amines is 1. The maximum Gasteiger partial charge on any atom is 0.355 e. The number of rotatable bonds is 8. The molecule has 0 radical (unpaired) electrons. The zero-order chi connectivity index (χ0) is 24.3. The second-order valence-corrected chi connectivity index (χ2v) is 10.5. The third kappa shape index (κ3) is 5.49. The quantitative estimate of drug-likeness (QED) is 0.426. The van der Waals surface area contributed by atoms with E-state index in [1.807, 2.05) is 39.0 Å². The third-order valence-electron chi connectivity index (χ3n) is 5.80. The molecule has 0 saturated carbocycles. The molecule has 0 fully saturated rings. The maximum absolute atomic E-state index is 13.7. The van der Waals surface area contributed by atoms with Crippen LogP contribution in [0.3, 0.4) is 0 Å². The van der Waals surface area contributed by atoms with Crippen LogP contribution < -0.4 is 0 Å². The van der Waals surface area contributed by atoms with E-state index in [1.165, 1.54) is 4.31 Å². The highest BCUT2D eigenvalue weighted by atomic mass is 35.5. The van der Waals surface area contributed by atoms with Crippen molar-refractivity contribution in [2.75, 3.05) is 6.61 Å². The molecule has 0 aliphatic carbocycles. The molecule has 0 aliphatic heterocycles. The first-order valence-corrected chi connectivity index (χ1v) is 12.5. The smallest absolute Gasteiger partial charge is 0.355 e. The summed E-state index contributed by atoms with van der Waals surface area (Å²) in [6.45, 7) is 9.73. The molecule has 6 nitrogen and oxygen atoms in total. The van der Waals surface area contributed by atoms with Crippen molar-refractivity contribution in [3.63, 3.8) is 0 Å². The average molecular weight is 489 g/mol. The average Bonchev–Trinajstić information content (AvgIpc) is 3.05. The van der Waals surface area contributed by atoms with E-state index in [-0.39, 0.29) is 24.6 Å². The molecular weight excluding hydrogens is 460 g/mol. The summed E-state index contributed by atoms with van der Waals surface area (Å²) in [7, 11) is -3.83. The van der Waals surface area contributed by atoms with Crippen LogP contribution >= 0.6 is 11.6 Å². The molecule has 0 amide bonds. The van der Waals surface area contributed by atoms with Gasteiger partial charge in [0.25, 0.3) is 0 Å². The summed E-state index contributed by atoms with van der Waals surface area (Å²) in [6.07, 6.45) is 0. The molecule has 0 bridgehead atoms. The van der Waals surface area contributed by atoms with E-state index in [0.29, 0.717) is 16.3 Å². The maximum atomic E-state index is 13.7. The lowest BCUT2D eigenvalue weighted by Crippen LogP contribution is -2.30. The number of benzene rings is 2. The predicted molar refractivity (Wildman–Crippen MR) is 130 cm³/mol. The summed E-state index contributed by atoms with van der Waals surface area (Å²) < 4.78 is 34.0. The lowest BCUT2D eigenvalue weighted by atomic mass is 10.1. The van der Waals surface area contributed by atoms with Crippen LogP contribution in [-0.2, 0) is 27.8 Å². The van der Waals surface area contributed by atoms with Crippen molar-refractivity contribution < 1.29 is 17.9 Å². The molecule has 3 rings (SSSR count). The normalized spacial score (nSPS) is 11.7. The van der Waals surface area contributed by atoms with Crippen molar-refractivity contribution in [2.24, 2.45) is 0 Å². The Labute approximate surface area is 200 Å². The lowest BCUT2D eigenvalue weighted by molar-refractivity contribution is 0.0519. The molecule has 0 atom stereocenters. The summed E-state index contributed by atoms with van der Waals surface area (Å²) in [4.78, 5) is 15.6. The minimum Gasteiger partial charge on any atom is -0.461 e. The van der Waals surface area contributed by atoms with E-state index in [1.54, 1.807) is 38.1 Å². The van der Waals surface area contributed by atoms with Crippen molar-refractivity contribution in [1.82, 2.24) is 9.29 Å². The van der Waals surface area contributed by atoms with Crippen LogP contribution in [0, 0.1) is 27.7 Å². The Morgan fingerprint density at radius 2 is 1.67 bits per heavy atom. The Morgan fingerprint density at radius 1 is 1.00 bits per heavy atom. The molecule has 1 heterocycles. The first-order valence-electron chi connectivity index (χ1n) is 10.7. The van der Waals surface area contributed by atoms with Crippen LogP contribution in [0.5, 0.6) is 0 Å². The van der Waals surface area contributed by atoms with Gasteiger partial charge in [-0.25, -0.2) is 13.2 Å². The SMILES string of the molecule is CCOC(=O)c1[nH]c(C)c(CN(Cc2ccc(Cl)cc2)S(=O)(=O)c2ccc(C)c(C)c2)c1C. The Balaban J connectivity index is 2.05. The number of nitrogens with zero attached hydrogens (tertiary/aromatic N) is 1. The Hall–Kier alpha value is -2.61. The minimum atomic E-state index is -3.83. The van der Waals surface area contributed by atoms with Crippen molar-refractivity contribution in [2.45, 2.75) is 52.6 Å². The summed E-state index contributed by atoms with van der Waals surface area (Å²) >= 11 is 6.02. The number of hydrogen-bond donors (Lipinski definition) is 1. The van der Waals surface area contributed by atoms with E-state index in [9.17, 15) is 13.2 Å². The van der Waals surface area contributed by atoms with Gasteiger partial charge in [-0.3, -0.25) is 0 Å². The fourth-order valence-electron chi connectivity index (χ4n) is 3.65. The number of aryl methyl sites for hydroxylation is 3. The summed E-state index contributed by atoms with van der Waals surface area (Å²) in [5, 5.41) is 0.582. The Bertz CT molecular complexity index is 1260. The number of sulfonamides is 1. The molecular formula is C25H29ClN2O4S. The standard InChI is InChI=1S/C25H29ClN2O4S/c1-6-32-25(29)24-18(4)23(19(5)27-24)15-28(14-20-8-10-21(26)11-9-20)33(30,31)22-12-7-16(2)17(3)13-22/h7-13,27H,6,14-15H2,1-5H3. The number of ether oxygens (including phenoxy) is 1. The monoisotopic (exact) mass is 488 g/mol. The van der Waals surface area contributed by atoms with Crippen molar-refractivity contribution in [3.05, 3.63) is 86.7 Å². The second kappa shape index (κ2) is 10.1. The van der Waals surface area contributed by atoms with Crippen molar-refractivity contribution in [3.8, 4) is 0 Å². The number of carbonyl (C=O) groups excluding carboxylic acids is 1. The summed E-state index contributed by atoms with van der Waals surface area (Å²) in [5.41, 5.74) is 5.24. The number of carbonyl (C=O) groups is 1. The molecule has 33 heavy (non-hydrogen) atoms. The van der Waals surface area contributed by atoms with Crippen LogP contribution in [0.4, 0.5) is 0 Å². The van der Waals surface area contributed by atoms with Gasteiger partial charge in [0.15, 0.2) is 0 Å². The van der Waals surface area contributed by atoms with Crippen molar-refractivity contribution in [1.29, 1.82) is 0 Å². The van der Waals surface area contributed by atoms with Crippen LogP contribution in [0.25, 0.3) is 0 Å². The third-order valence-corrected chi connectivity index (χ3v) is 7.83. The van der Waals surface area contributed by atoms with Gasteiger partial charge in [-0.1, -0.05) is 29.8 Å². The van der Waals surface area contributed by atoms with Gasteiger partial charge in [0.05, 0.1) is 11.5 Å². The molecule has 8 heteroatoms. The summed E-state index contributed by atoms with van der Waals surface area (Å²) in [5.74, 6) is -0.453. The van der Waals surface area contributed by atoms with Gasteiger partial charge in [-0.2, -0.15) is 4.31 Å². The fraction of sp³-hybridized carbons (Fsp3) is 0.320. The van der Waals surface area contributed by atoms with Gasteiger partial charge in [0.2, 0.25) is 10.0 Å². The van der Waals surface area contributed by atoms with Crippen LogP contribution in [-0.4, -0.2) is 30.3 Å². The van der Waals surface area contributed by atoms with Gasteiger partial charge in [0, 0.05) is 23.8 Å². The first-order chi connectivity index (χ1) is 15.5. The zero-order valence-electron chi connectivity index (χ0n) is 19.5. The molecule has 0 saturated heterocycles. The highest BCUT2D eigenvalue weighted by Crippen LogP contribution is 2.27. The first kappa shape index (κ1) is 25.0. The van der Waals surface area contributed by atoms with Gasteiger partial charge < -0.3 is 9.72 Å². The molecule has 176 valence electrons.